The standard InChI is InChI=1S/C27H35N3O3/c1-3-20-8-10-22(11-9-20)27(32)30-18-16-29(17-19-30)25(21-6-4-5-7-21)26(31)28-23-12-14-24(33-2)15-13-23/h8-15,21,25H,3-7,16-19H2,1-2H3,(H,28,31). The normalized spacial score (nSPS) is 18.2. The van der Waals surface area contributed by atoms with Crippen LogP contribution in [0.25, 0.3) is 0 Å². The largest absolute Gasteiger partial charge is 0.497 e. The first-order valence-electron chi connectivity index (χ1n) is 12.2. The van der Waals surface area contributed by atoms with Gasteiger partial charge < -0.3 is 15.0 Å². The van der Waals surface area contributed by atoms with Gasteiger partial charge in [-0.15, -0.1) is 0 Å². The number of carbonyl (C=O) groups excluding carboxylic acids is 2. The molecule has 1 heterocycles. The fourth-order valence-corrected chi connectivity index (χ4v) is 5.11. The molecule has 2 fully saturated rings. The molecule has 2 aliphatic rings. The number of benzene rings is 2. The Bertz CT molecular complexity index is 928. The lowest BCUT2D eigenvalue weighted by Gasteiger charge is -2.40. The molecule has 2 aromatic rings. The number of methoxy groups -OCH3 is 1. The number of rotatable bonds is 7. The van der Waals surface area contributed by atoms with E-state index in [0.29, 0.717) is 19.0 Å². The Labute approximate surface area is 196 Å². The smallest absolute Gasteiger partial charge is 0.253 e. The first-order chi connectivity index (χ1) is 16.1. The van der Waals surface area contributed by atoms with Crippen LogP contribution in [0, 0.1) is 5.92 Å². The van der Waals surface area contributed by atoms with Crippen LogP contribution in [0.3, 0.4) is 0 Å². The van der Waals surface area contributed by atoms with Crippen LogP contribution in [0.4, 0.5) is 5.69 Å². The topological polar surface area (TPSA) is 61.9 Å². The van der Waals surface area contributed by atoms with Crippen molar-refractivity contribution in [1.29, 1.82) is 0 Å². The second-order valence-electron chi connectivity index (χ2n) is 9.09. The Morgan fingerprint density at radius 3 is 2.18 bits per heavy atom. The zero-order valence-corrected chi connectivity index (χ0v) is 19.8. The van der Waals surface area contributed by atoms with Crippen molar-refractivity contribution in [2.24, 2.45) is 5.92 Å². The fourth-order valence-electron chi connectivity index (χ4n) is 5.11. The van der Waals surface area contributed by atoms with E-state index in [4.69, 9.17) is 4.74 Å². The molecule has 1 saturated carbocycles. The van der Waals surface area contributed by atoms with E-state index < -0.39 is 0 Å². The molecule has 1 saturated heterocycles. The highest BCUT2D eigenvalue weighted by Crippen LogP contribution is 2.32. The van der Waals surface area contributed by atoms with Crippen molar-refractivity contribution in [3.8, 4) is 5.75 Å². The number of anilines is 1. The maximum atomic E-state index is 13.4. The molecule has 0 radical (unpaired) electrons. The quantitative estimate of drug-likeness (QED) is 0.688. The molecule has 1 unspecified atom stereocenters. The zero-order valence-electron chi connectivity index (χ0n) is 19.8. The highest BCUT2D eigenvalue weighted by atomic mass is 16.5. The minimum Gasteiger partial charge on any atom is -0.497 e. The van der Waals surface area contributed by atoms with E-state index >= 15 is 0 Å². The monoisotopic (exact) mass is 449 g/mol. The van der Waals surface area contributed by atoms with Gasteiger partial charge in [-0.2, -0.15) is 0 Å². The molecule has 176 valence electrons. The van der Waals surface area contributed by atoms with E-state index in [0.717, 1.165) is 49.4 Å². The van der Waals surface area contributed by atoms with E-state index in [1.807, 2.05) is 53.4 Å². The van der Waals surface area contributed by atoms with Gasteiger partial charge in [0.25, 0.3) is 5.91 Å². The summed E-state index contributed by atoms with van der Waals surface area (Å²) in [6.07, 6.45) is 5.51. The van der Waals surface area contributed by atoms with Crippen LogP contribution in [0.1, 0.15) is 48.5 Å². The summed E-state index contributed by atoms with van der Waals surface area (Å²) in [7, 11) is 1.63. The summed E-state index contributed by atoms with van der Waals surface area (Å²) >= 11 is 0. The van der Waals surface area contributed by atoms with Gasteiger partial charge in [-0.1, -0.05) is 31.9 Å². The lowest BCUT2D eigenvalue weighted by Crippen LogP contribution is -2.56. The van der Waals surface area contributed by atoms with Gasteiger partial charge in [-0.3, -0.25) is 14.5 Å². The average Bonchev–Trinajstić information content (AvgIpc) is 3.39. The minimum atomic E-state index is -0.157. The van der Waals surface area contributed by atoms with Gasteiger partial charge in [0.2, 0.25) is 5.91 Å². The number of ether oxygens (including phenoxy) is 1. The van der Waals surface area contributed by atoms with Gasteiger partial charge in [-0.25, -0.2) is 0 Å². The SMILES string of the molecule is CCc1ccc(C(=O)N2CCN(C(C(=O)Nc3ccc(OC)cc3)C3CCCC3)CC2)cc1. The summed E-state index contributed by atoms with van der Waals surface area (Å²) in [5, 5.41) is 3.12. The molecule has 4 rings (SSSR count). The van der Waals surface area contributed by atoms with Crippen LogP contribution in [-0.2, 0) is 11.2 Å². The van der Waals surface area contributed by atoms with Crippen LogP contribution < -0.4 is 10.1 Å². The van der Waals surface area contributed by atoms with Crippen molar-refractivity contribution in [1.82, 2.24) is 9.80 Å². The number of hydrogen-bond donors (Lipinski definition) is 1. The fraction of sp³-hybridized carbons (Fsp3) is 0.481. The molecule has 2 amide bonds. The third-order valence-electron chi connectivity index (χ3n) is 7.08. The van der Waals surface area contributed by atoms with Crippen molar-refractivity contribution < 1.29 is 14.3 Å². The van der Waals surface area contributed by atoms with E-state index in [9.17, 15) is 9.59 Å². The molecule has 0 aromatic heterocycles. The first kappa shape index (κ1) is 23.3. The highest BCUT2D eigenvalue weighted by molar-refractivity contribution is 5.95. The Morgan fingerprint density at radius 2 is 1.61 bits per heavy atom. The third-order valence-corrected chi connectivity index (χ3v) is 7.08. The summed E-state index contributed by atoms with van der Waals surface area (Å²) in [5.41, 5.74) is 2.76. The highest BCUT2D eigenvalue weighted by Gasteiger charge is 2.37. The predicted octanol–water partition coefficient (Wildman–Crippen LogP) is 4.21. The van der Waals surface area contributed by atoms with E-state index in [2.05, 4.69) is 17.1 Å². The zero-order chi connectivity index (χ0) is 23.2. The number of aryl methyl sites for hydroxylation is 1. The van der Waals surface area contributed by atoms with Gasteiger partial charge >= 0.3 is 0 Å². The maximum absolute atomic E-state index is 13.4. The van der Waals surface area contributed by atoms with Crippen LogP contribution in [0.15, 0.2) is 48.5 Å². The predicted molar refractivity (Wildman–Crippen MR) is 131 cm³/mol. The summed E-state index contributed by atoms with van der Waals surface area (Å²) < 4.78 is 5.22. The van der Waals surface area contributed by atoms with Crippen molar-refractivity contribution in [2.75, 3.05) is 38.6 Å². The Kier molecular flexibility index (Phi) is 7.65. The van der Waals surface area contributed by atoms with Crippen molar-refractivity contribution in [2.45, 2.75) is 45.1 Å². The second-order valence-corrected chi connectivity index (χ2v) is 9.09. The number of nitrogens with zero attached hydrogens (tertiary/aromatic N) is 2. The van der Waals surface area contributed by atoms with Gasteiger partial charge in [0.05, 0.1) is 13.2 Å². The molecule has 1 aliphatic carbocycles. The van der Waals surface area contributed by atoms with Gasteiger partial charge in [-0.05, 0) is 67.1 Å². The molecule has 0 spiro atoms. The maximum Gasteiger partial charge on any atom is 0.253 e. The third kappa shape index (κ3) is 5.56. The number of nitrogens with one attached hydrogen (secondary N) is 1. The Hall–Kier alpha value is -2.86. The van der Waals surface area contributed by atoms with Crippen molar-refractivity contribution in [3.05, 3.63) is 59.7 Å². The van der Waals surface area contributed by atoms with Gasteiger partial charge in [0.1, 0.15) is 5.75 Å². The molecule has 1 N–H and O–H groups in total. The molecular weight excluding hydrogens is 414 g/mol. The van der Waals surface area contributed by atoms with Crippen LogP contribution in [0.2, 0.25) is 0 Å². The number of hydrogen-bond acceptors (Lipinski definition) is 4. The molecule has 0 bridgehead atoms. The molecule has 6 nitrogen and oxygen atoms in total. The Balaban J connectivity index is 1.40. The first-order valence-corrected chi connectivity index (χ1v) is 12.2. The molecule has 1 atom stereocenters. The van der Waals surface area contributed by atoms with Crippen LogP contribution >= 0.6 is 0 Å². The van der Waals surface area contributed by atoms with Gasteiger partial charge in [0.15, 0.2) is 0 Å². The van der Waals surface area contributed by atoms with E-state index in [1.54, 1.807) is 7.11 Å². The van der Waals surface area contributed by atoms with Crippen molar-refractivity contribution >= 4 is 17.5 Å². The van der Waals surface area contributed by atoms with E-state index in [1.165, 1.54) is 18.4 Å². The minimum absolute atomic E-state index is 0.0574. The lowest BCUT2D eigenvalue weighted by atomic mass is 9.94. The molecule has 33 heavy (non-hydrogen) atoms. The lowest BCUT2D eigenvalue weighted by molar-refractivity contribution is -0.123. The van der Waals surface area contributed by atoms with Crippen LogP contribution in [0.5, 0.6) is 5.75 Å². The molecule has 1 aliphatic heterocycles. The average molecular weight is 450 g/mol. The summed E-state index contributed by atoms with van der Waals surface area (Å²) in [6.45, 7) is 4.84. The van der Waals surface area contributed by atoms with Crippen molar-refractivity contribution in [3.63, 3.8) is 0 Å². The number of piperazine rings is 1. The van der Waals surface area contributed by atoms with Gasteiger partial charge in [0, 0.05) is 37.4 Å². The second kappa shape index (κ2) is 10.8. The summed E-state index contributed by atoms with van der Waals surface area (Å²) in [6, 6.07) is 15.2. The summed E-state index contributed by atoms with van der Waals surface area (Å²) in [5.74, 6) is 1.27. The molecular formula is C27H35N3O3. The Morgan fingerprint density at radius 1 is 0.970 bits per heavy atom. The van der Waals surface area contributed by atoms with E-state index in [-0.39, 0.29) is 17.9 Å². The molecule has 6 heteroatoms. The van der Waals surface area contributed by atoms with Crippen LogP contribution in [-0.4, -0.2) is 60.9 Å². The molecule has 2 aromatic carbocycles. The summed E-state index contributed by atoms with van der Waals surface area (Å²) in [4.78, 5) is 30.6. The number of carbonyl (C=O) groups is 2. The number of amides is 2.